The number of aromatic nitrogens is 3. The minimum Gasteiger partial charge on any atom is -0.494 e. The highest BCUT2D eigenvalue weighted by Crippen LogP contribution is 2.41. The molecule has 5 rings (SSSR count). The highest BCUT2D eigenvalue weighted by atomic mass is 35.5. The first-order valence-electron chi connectivity index (χ1n) is 10.1. The summed E-state index contributed by atoms with van der Waals surface area (Å²) in [6, 6.07) is 15.0. The molecule has 0 saturated carbocycles. The lowest BCUT2D eigenvalue weighted by atomic mass is 9.85. The van der Waals surface area contributed by atoms with E-state index < -0.39 is 0 Å². The van der Waals surface area contributed by atoms with Gasteiger partial charge in [0.2, 0.25) is 5.95 Å². The summed E-state index contributed by atoms with van der Waals surface area (Å²) in [6.07, 6.45) is 2.23. The number of Topliss-reactive ketones (excluding diaryl/α,β-unsaturated/α-hetero) is 1. The number of hydrogen-bond acceptors (Lipinski definition) is 5. The van der Waals surface area contributed by atoms with Crippen molar-refractivity contribution in [1.29, 1.82) is 0 Å². The lowest BCUT2D eigenvalue weighted by Crippen LogP contribution is -2.31. The number of benzene rings is 2. The van der Waals surface area contributed by atoms with E-state index in [9.17, 15) is 4.79 Å². The van der Waals surface area contributed by atoms with Crippen LogP contribution in [-0.4, -0.2) is 27.2 Å². The molecular formula is C23H21ClN4O2. The number of hydrogen-bond donors (Lipinski definition) is 1. The van der Waals surface area contributed by atoms with Gasteiger partial charge in [-0.2, -0.15) is 4.98 Å². The van der Waals surface area contributed by atoms with E-state index in [1.165, 1.54) is 0 Å². The second-order valence-corrected chi connectivity index (χ2v) is 7.85. The van der Waals surface area contributed by atoms with Crippen LogP contribution in [0.3, 0.4) is 0 Å². The number of halogens is 1. The molecule has 0 saturated heterocycles. The van der Waals surface area contributed by atoms with E-state index in [1.54, 1.807) is 0 Å². The number of nitrogens with zero attached hydrogens (tertiary/aromatic N) is 3. The zero-order valence-electron chi connectivity index (χ0n) is 16.6. The fourth-order valence-corrected chi connectivity index (χ4v) is 4.22. The quantitative estimate of drug-likeness (QED) is 0.641. The maximum absolute atomic E-state index is 12.9. The van der Waals surface area contributed by atoms with Crippen molar-refractivity contribution in [1.82, 2.24) is 14.8 Å². The Kier molecular flexibility index (Phi) is 4.79. The molecule has 0 radical (unpaired) electrons. The van der Waals surface area contributed by atoms with Crippen LogP contribution in [-0.2, 0) is 4.79 Å². The van der Waals surface area contributed by atoms with Gasteiger partial charge in [-0.25, -0.2) is 4.68 Å². The topological polar surface area (TPSA) is 69.0 Å². The zero-order chi connectivity index (χ0) is 20.7. The first kappa shape index (κ1) is 18.9. The molecule has 0 fully saturated rings. The Bertz CT molecular complexity index is 1130. The molecule has 30 heavy (non-hydrogen) atoms. The minimum atomic E-state index is -0.312. The van der Waals surface area contributed by atoms with Crippen LogP contribution in [0.5, 0.6) is 5.75 Å². The van der Waals surface area contributed by atoms with Crippen LogP contribution in [0.4, 0.5) is 5.95 Å². The molecule has 1 aromatic heterocycles. The largest absolute Gasteiger partial charge is 0.494 e. The van der Waals surface area contributed by atoms with Gasteiger partial charge in [0.1, 0.15) is 11.8 Å². The van der Waals surface area contributed by atoms with Gasteiger partial charge in [0.25, 0.3) is 0 Å². The molecule has 0 unspecified atom stereocenters. The molecule has 2 aromatic carbocycles. The van der Waals surface area contributed by atoms with Gasteiger partial charge in [-0.15, -0.1) is 5.10 Å². The fourth-order valence-electron chi connectivity index (χ4n) is 4.10. The number of ketones is 1. The number of allylic oxidation sites excluding steroid dienone is 2. The van der Waals surface area contributed by atoms with Gasteiger partial charge in [0.15, 0.2) is 11.6 Å². The van der Waals surface area contributed by atoms with Crippen molar-refractivity contribution >= 4 is 23.3 Å². The zero-order valence-corrected chi connectivity index (χ0v) is 17.3. The van der Waals surface area contributed by atoms with E-state index in [0.29, 0.717) is 29.8 Å². The Labute approximate surface area is 179 Å². The molecule has 3 aromatic rings. The third-order valence-electron chi connectivity index (χ3n) is 5.48. The molecule has 0 amide bonds. The lowest BCUT2D eigenvalue weighted by Gasteiger charge is -2.32. The van der Waals surface area contributed by atoms with Crippen molar-refractivity contribution < 1.29 is 9.53 Å². The van der Waals surface area contributed by atoms with Crippen molar-refractivity contribution in [3.63, 3.8) is 0 Å². The number of fused-ring (bicyclic) bond motifs is 1. The first-order chi connectivity index (χ1) is 14.6. The molecule has 6 nitrogen and oxygen atoms in total. The van der Waals surface area contributed by atoms with Crippen LogP contribution < -0.4 is 10.1 Å². The average molecular weight is 421 g/mol. The van der Waals surface area contributed by atoms with Gasteiger partial charge in [0.05, 0.1) is 6.61 Å². The summed E-state index contributed by atoms with van der Waals surface area (Å²) in [6.45, 7) is 2.57. The van der Waals surface area contributed by atoms with E-state index >= 15 is 0 Å². The molecule has 1 N–H and O–H groups in total. The Morgan fingerprint density at radius 2 is 1.90 bits per heavy atom. The van der Waals surface area contributed by atoms with Gasteiger partial charge in [-0.05, 0) is 61.7 Å². The number of nitrogens with one attached hydrogen (secondary N) is 1. The van der Waals surface area contributed by atoms with Crippen molar-refractivity contribution in [3.8, 4) is 17.1 Å². The van der Waals surface area contributed by atoms with Gasteiger partial charge < -0.3 is 10.1 Å². The van der Waals surface area contributed by atoms with Crippen molar-refractivity contribution in [2.24, 2.45) is 0 Å². The predicted octanol–water partition coefficient (Wildman–Crippen LogP) is 5.02. The summed E-state index contributed by atoms with van der Waals surface area (Å²) in [5, 5.41) is 8.80. The van der Waals surface area contributed by atoms with Crippen molar-refractivity contribution in [2.75, 3.05) is 11.9 Å². The van der Waals surface area contributed by atoms with Crippen LogP contribution in [0, 0.1) is 0 Å². The summed E-state index contributed by atoms with van der Waals surface area (Å²) < 4.78 is 7.40. The average Bonchev–Trinajstić information content (AvgIpc) is 3.17. The highest BCUT2D eigenvalue weighted by molar-refractivity contribution is 6.30. The highest BCUT2D eigenvalue weighted by Gasteiger charge is 2.36. The van der Waals surface area contributed by atoms with Gasteiger partial charge in [0, 0.05) is 28.3 Å². The Morgan fingerprint density at radius 3 is 2.63 bits per heavy atom. The van der Waals surface area contributed by atoms with E-state index in [1.807, 2.05) is 60.1 Å². The molecule has 0 spiro atoms. The number of carbonyl (C=O) groups excluding carboxylic acids is 1. The van der Waals surface area contributed by atoms with Crippen LogP contribution in [0.15, 0.2) is 59.8 Å². The van der Waals surface area contributed by atoms with Crippen LogP contribution in [0.1, 0.15) is 37.8 Å². The molecule has 1 aliphatic heterocycles. The maximum atomic E-state index is 12.9. The molecule has 152 valence electrons. The fraction of sp³-hybridized carbons (Fsp3) is 0.261. The van der Waals surface area contributed by atoms with E-state index in [4.69, 9.17) is 26.4 Å². The lowest BCUT2D eigenvalue weighted by molar-refractivity contribution is -0.116. The maximum Gasteiger partial charge on any atom is 0.226 e. The standard InChI is InChI=1S/C23H21ClN4O2/c1-2-30-17-12-8-14(9-13-17)21-20-18(4-3-5-19(20)29)25-23-26-22(27-28(21)23)15-6-10-16(24)11-7-15/h6-13,21H,2-5H2,1H3,(H,25,26,27)/t21-/m0/s1. The number of carbonyl (C=O) groups is 1. The monoisotopic (exact) mass is 420 g/mol. The van der Waals surface area contributed by atoms with E-state index in [2.05, 4.69) is 5.32 Å². The van der Waals surface area contributed by atoms with E-state index in [-0.39, 0.29) is 11.8 Å². The third-order valence-corrected chi connectivity index (χ3v) is 5.73. The molecule has 0 bridgehead atoms. The minimum absolute atomic E-state index is 0.164. The SMILES string of the molecule is CCOc1ccc([C@H]2C3=C(CCCC3=O)Nc3nc(-c4ccc(Cl)cc4)nn32)cc1. The number of anilines is 1. The number of rotatable bonds is 4. The third kappa shape index (κ3) is 3.27. The second kappa shape index (κ2) is 7.61. The molecule has 7 heteroatoms. The van der Waals surface area contributed by atoms with Gasteiger partial charge in [-0.3, -0.25) is 4.79 Å². The Morgan fingerprint density at radius 1 is 1.13 bits per heavy atom. The number of ether oxygens (including phenoxy) is 1. The van der Waals surface area contributed by atoms with Gasteiger partial charge >= 0.3 is 0 Å². The second-order valence-electron chi connectivity index (χ2n) is 7.41. The Balaban J connectivity index is 1.62. The summed E-state index contributed by atoms with van der Waals surface area (Å²) in [5.41, 5.74) is 3.59. The Hall–Kier alpha value is -3.12. The van der Waals surface area contributed by atoms with Crippen LogP contribution in [0.25, 0.3) is 11.4 Å². The van der Waals surface area contributed by atoms with Gasteiger partial charge in [-0.1, -0.05) is 23.7 Å². The molecule has 1 atom stereocenters. The molecular weight excluding hydrogens is 400 g/mol. The molecule has 2 aliphatic rings. The van der Waals surface area contributed by atoms with E-state index in [0.717, 1.165) is 41.0 Å². The van der Waals surface area contributed by atoms with Crippen LogP contribution >= 0.6 is 11.6 Å². The normalized spacial score (nSPS) is 17.9. The first-order valence-corrected chi connectivity index (χ1v) is 10.5. The van der Waals surface area contributed by atoms with Crippen molar-refractivity contribution in [2.45, 2.75) is 32.2 Å². The summed E-state index contributed by atoms with van der Waals surface area (Å²) in [4.78, 5) is 17.6. The van der Waals surface area contributed by atoms with Crippen molar-refractivity contribution in [3.05, 3.63) is 70.4 Å². The van der Waals surface area contributed by atoms with Crippen LogP contribution in [0.2, 0.25) is 5.02 Å². The summed E-state index contributed by atoms with van der Waals surface area (Å²) >= 11 is 6.02. The smallest absolute Gasteiger partial charge is 0.226 e. The summed E-state index contributed by atoms with van der Waals surface area (Å²) in [7, 11) is 0. The summed E-state index contributed by atoms with van der Waals surface area (Å²) in [5.74, 6) is 2.21. The molecule has 2 heterocycles. The predicted molar refractivity (Wildman–Crippen MR) is 116 cm³/mol. The molecule has 1 aliphatic carbocycles.